The van der Waals surface area contributed by atoms with Crippen molar-refractivity contribution in [3.63, 3.8) is 0 Å². The summed E-state index contributed by atoms with van der Waals surface area (Å²) >= 11 is 0. The number of aliphatic carboxylic acids is 3. The van der Waals surface area contributed by atoms with Crippen molar-refractivity contribution in [3.8, 4) is 12.3 Å². The Hall–Kier alpha value is -2.60. The summed E-state index contributed by atoms with van der Waals surface area (Å²) in [6, 6.07) is 0. The van der Waals surface area contributed by atoms with E-state index in [1.54, 1.807) is 0 Å². The third-order valence-electron chi connectivity index (χ3n) is 6.72. The lowest BCUT2D eigenvalue weighted by atomic mass is 9.78. The first-order valence-electron chi connectivity index (χ1n) is 13.2. The minimum Gasteiger partial charge on any atom is -0.481 e. The molecule has 0 aromatic rings. The molecular weight excluding hydrogens is 468 g/mol. The fraction of sp³-hybridized carbons (Fsp3) is 0.778. The molecule has 0 aliphatic carbocycles. The first kappa shape index (κ1) is 31.4. The summed E-state index contributed by atoms with van der Waals surface area (Å²) in [5.74, 6) is -0.408. The van der Waals surface area contributed by atoms with Gasteiger partial charge in [0, 0.05) is 25.7 Å². The standard InChI is InChI=1S/C27H42O9/c1-3-5-18-26(34)35-21(4-2)27-20(13-7-10-16-24(30)31)19(12-6-9-15-23(28)29)22(36-27)14-8-11-17-25(32)33/h2,19-22,27H,3,5-18H2,1H3,(H,28,29)(H,30,31)(H,32,33)/t19-,20+,21-,22-,27+/m0/s1. The fourth-order valence-electron chi connectivity index (χ4n) is 4.93. The second-order valence-electron chi connectivity index (χ2n) is 9.57. The molecule has 1 heterocycles. The van der Waals surface area contributed by atoms with Crippen molar-refractivity contribution in [2.75, 3.05) is 0 Å². The van der Waals surface area contributed by atoms with Gasteiger partial charge in [-0.05, 0) is 56.8 Å². The van der Waals surface area contributed by atoms with Crippen molar-refractivity contribution in [2.24, 2.45) is 11.8 Å². The second-order valence-corrected chi connectivity index (χ2v) is 9.57. The Bertz CT molecular complexity index is 742. The third kappa shape index (κ3) is 12.4. The van der Waals surface area contributed by atoms with Gasteiger partial charge in [0.2, 0.25) is 0 Å². The highest BCUT2D eigenvalue weighted by Crippen LogP contribution is 2.43. The van der Waals surface area contributed by atoms with E-state index >= 15 is 0 Å². The summed E-state index contributed by atoms with van der Waals surface area (Å²) < 4.78 is 12.0. The minimum absolute atomic E-state index is 0.0312. The van der Waals surface area contributed by atoms with Crippen molar-refractivity contribution >= 4 is 23.9 Å². The molecule has 1 aliphatic rings. The van der Waals surface area contributed by atoms with Gasteiger partial charge in [-0.15, -0.1) is 6.42 Å². The number of hydrogen-bond acceptors (Lipinski definition) is 6. The van der Waals surface area contributed by atoms with Gasteiger partial charge in [0.25, 0.3) is 0 Å². The van der Waals surface area contributed by atoms with Crippen LogP contribution in [0.1, 0.15) is 103 Å². The van der Waals surface area contributed by atoms with Crippen molar-refractivity contribution in [3.05, 3.63) is 0 Å². The van der Waals surface area contributed by atoms with E-state index < -0.39 is 30.1 Å². The van der Waals surface area contributed by atoms with Gasteiger partial charge in [-0.3, -0.25) is 19.2 Å². The molecule has 0 spiro atoms. The van der Waals surface area contributed by atoms with Gasteiger partial charge in [0.05, 0.1) is 6.10 Å². The Balaban J connectivity index is 3.03. The number of carbonyl (C=O) groups is 4. The van der Waals surface area contributed by atoms with Crippen molar-refractivity contribution in [1.29, 1.82) is 0 Å². The first-order chi connectivity index (χ1) is 17.2. The summed E-state index contributed by atoms with van der Waals surface area (Å²) in [4.78, 5) is 45.1. The van der Waals surface area contributed by atoms with Crippen LogP contribution < -0.4 is 0 Å². The maximum absolute atomic E-state index is 12.3. The lowest BCUT2D eigenvalue weighted by molar-refractivity contribution is -0.154. The van der Waals surface area contributed by atoms with Crippen LogP contribution in [0.3, 0.4) is 0 Å². The summed E-state index contributed by atoms with van der Waals surface area (Å²) in [7, 11) is 0. The van der Waals surface area contributed by atoms with E-state index in [1.807, 2.05) is 6.92 Å². The summed E-state index contributed by atoms with van der Waals surface area (Å²) in [6.45, 7) is 1.98. The number of esters is 1. The van der Waals surface area contributed by atoms with Crippen LogP contribution in [0.15, 0.2) is 0 Å². The predicted octanol–water partition coefficient (Wildman–Crippen LogP) is 4.66. The molecule has 0 bridgehead atoms. The molecule has 204 valence electrons. The molecule has 9 nitrogen and oxygen atoms in total. The lowest BCUT2D eigenvalue weighted by Gasteiger charge is -2.27. The zero-order valence-electron chi connectivity index (χ0n) is 21.4. The van der Waals surface area contributed by atoms with Gasteiger partial charge in [-0.2, -0.15) is 0 Å². The Morgan fingerprint density at radius 2 is 1.28 bits per heavy atom. The molecule has 0 amide bonds. The molecule has 0 aromatic heterocycles. The van der Waals surface area contributed by atoms with Gasteiger partial charge >= 0.3 is 23.9 Å². The van der Waals surface area contributed by atoms with E-state index in [2.05, 4.69) is 5.92 Å². The third-order valence-corrected chi connectivity index (χ3v) is 6.72. The normalized spacial score (nSPS) is 22.0. The molecule has 1 fully saturated rings. The zero-order chi connectivity index (χ0) is 26.9. The van der Waals surface area contributed by atoms with E-state index in [9.17, 15) is 19.2 Å². The highest BCUT2D eigenvalue weighted by atomic mass is 16.6. The number of carboxylic acids is 3. The van der Waals surface area contributed by atoms with Gasteiger partial charge < -0.3 is 24.8 Å². The molecular formula is C27H42O9. The van der Waals surface area contributed by atoms with E-state index in [1.165, 1.54) is 0 Å². The number of ether oxygens (including phenoxy) is 2. The Morgan fingerprint density at radius 3 is 1.75 bits per heavy atom. The minimum atomic E-state index is -0.871. The van der Waals surface area contributed by atoms with Crippen LogP contribution >= 0.6 is 0 Å². The summed E-state index contributed by atoms with van der Waals surface area (Å²) in [6.07, 6.45) is 11.7. The number of hydrogen-bond donors (Lipinski definition) is 3. The average molecular weight is 511 g/mol. The van der Waals surface area contributed by atoms with E-state index in [4.69, 9.17) is 31.2 Å². The largest absolute Gasteiger partial charge is 0.481 e. The maximum Gasteiger partial charge on any atom is 0.307 e. The van der Waals surface area contributed by atoms with Gasteiger partial charge in [0.15, 0.2) is 6.10 Å². The number of carbonyl (C=O) groups excluding carboxylic acids is 1. The number of unbranched alkanes of at least 4 members (excludes halogenated alkanes) is 4. The smallest absolute Gasteiger partial charge is 0.307 e. The lowest BCUT2D eigenvalue weighted by Crippen LogP contribution is -2.35. The Labute approximate surface area is 213 Å². The Kier molecular flexibility index (Phi) is 15.5. The first-order valence-corrected chi connectivity index (χ1v) is 13.2. The number of rotatable bonds is 20. The van der Waals surface area contributed by atoms with E-state index in [0.29, 0.717) is 64.2 Å². The molecule has 5 atom stereocenters. The molecule has 9 heteroatoms. The maximum atomic E-state index is 12.3. The molecule has 0 aromatic carbocycles. The van der Waals surface area contributed by atoms with Crippen LogP contribution in [-0.4, -0.2) is 57.5 Å². The molecule has 3 N–H and O–H groups in total. The topological polar surface area (TPSA) is 147 Å². The summed E-state index contributed by atoms with van der Waals surface area (Å²) in [5, 5.41) is 26.9. The number of carboxylic acid groups (broad SMARTS) is 3. The quantitative estimate of drug-likeness (QED) is 0.121. The average Bonchev–Trinajstić information content (AvgIpc) is 3.15. The molecule has 0 saturated carbocycles. The van der Waals surface area contributed by atoms with Gasteiger partial charge in [0.1, 0.15) is 6.10 Å². The Morgan fingerprint density at radius 1 is 0.778 bits per heavy atom. The van der Waals surface area contributed by atoms with Crippen molar-refractivity contribution in [1.82, 2.24) is 0 Å². The van der Waals surface area contributed by atoms with Crippen LogP contribution in [0, 0.1) is 24.2 Å². The molecule has 1 saturated heterocycles. The van der Waals surface area contributed by atoms with Crippen LogP contribution in [-0.2, 0) is 28.7 Å². The van der Waals surface area contributed by atoms with Crippen LogP contribution in [0.5, 0.6) is 0 Å². The SMILES string of the molecule is C#C[C@H](OC(=O)CCCC)[C@@H]1O[C@@H](CCCCC(=O)O)[C@@H](CCCCC(=O)O)[C@H]1CCCCC(=O)O. The molecule has 0 radical (unpaired) electrons. The van der Waals surface area contributed by atoms with Gasteiger partial charge in [-0.25, -0.2) is 0 Å². The van der Waals surface area contributed by atoms with E-state index in [-0.39, 0.29) is 49.6 Å². The fourth-order valence-corrected chi connectivity index (χ4v) is 4.93. The van der Waals surface area contributed by atoms with Crippen molar-refractivity contribution in [2.45, 2.75) is 122 Å². The van der Waals surface area contributed by atoms with Crippen LogP contribution in [0.2, 0.25) is 0 Å². The molecule has 0 unspecified atom stereocenters. The zero-order valence-corrected chi connectivity index (χ0v) is 21.4. The van der Waals surface area contributed by atoms with E-state index in [0.717, 1.165) is 6.42 Å². The molecule has 36 heavy (non-hydrogen) atoms. The predicted molar refractivity (Wildman–Crippen MR) is 132 cm³/mol. The monoisotopic (exact) mass is 510 g/mol. The van der Waals surface area contributed by atoms with Gasteiger partial charge in [-0.1, -0.05) is 38.5 Å². The molecule has 1 rings (SSSR count). The highest BCUT2D eigenvalue weighted by molar-refractivity contribution is 5.70. The van der Waals surface area contributed by atoms with Crippen LogP contribution in [0.4, 0.5) is 0 Å². The second kappa shape index (κ2) is 17.8. The highest BCUT2D eigenvalue weighted by Gasteiger charge is 2.47. The van der Waals surface area contributed by atoms with Crippen LogP contribution in [0.25, 0.3) is 0 Å². The summed E-state index contributed by atoms with van der Waals surface area (Å²) in [5.41, 5.74) is 0. The number of terminal acetylenes is 1. The van der Waals surface area contributed by atoms with Crippen molar-refractivity contribution < 1.29 is 44.0 Å². The molecule has 1 aliphatic heterocycles.